The third-order valence-electron chi connectivity index (χ3n) is 8.20. The number of hydrogen-bond acceptors (Lipinski definition) is 2. The second-order valence-electron chi connectivity index (χ2n) is 10.4. The summed E-state index contributed by atoms with van der Waals surface area (Å²) in [5.74, 6) is 2.38. The fraction of sp³-hybridized carbons (Fsp3) is 0.680. The molecule has 1 aromatic rings. The van der Waals surface area contributed by atoms with Gasteiger partial charge in [-0.15, -0.1) is 0 Å². The second-order valence-corrected chi connectivity index (χ2v) is 10.4. The number of carbonyl (C=O) groups is 2. The molecule has 4 saturated carbocycles. The zero-order valence-electron chi connectivity index (χ0n) is 17.7. The average molecular weight is 395 g/mol. The molecule has 156 valence electrons. The molecule has 1 aromatic carbocycles. The van der Waals surface area contributed by atoms with Crippen LogP contribution >= 0.6 is 0 Å². The van der Waals surface area contributed by atoms with E-state index in [0.29, 0.717) is 5.56 Å². The number of likely N-dealkylation sites (tertiary alicyclic amines) is 1. The molecule has 4 bridgehead atoms. The Kier molecular flexibility index (Phi) is 4.92. The lowest BCUT2D eigenvalue weighted by molar-refractivity contribution is -0.145. The fourth-order valence-electron chi connectivity index (χ4n) is 7.22. The van der Waals surface area contributed by atoms with Crippen molar-refractivity contribution in [3.63, 3.8) is 0 Å². The Balaban J connectivity index is 1.43. The third kappa shape index (κ3) is 3.60. The second kappa shape index (κ2) is 7.45. The van der Waals surface area contributed by atoms with Crippen LogP contribution in [-0.4, -0.2) is 35.8 Å². The Bertz CT molecular complexity index is 743. The quantitative estimate of drug-likeness (QED) is 0.827. The van der Waals surface area contributed by atoms with E-state index in [4.69, 9.17) is 0 Å². The van der Waals surface area contributed by atoms with Crippen LogP contribution in [-0.2, 0) is 4.79 Å². The van der Waals surface area contributed by atoms with E-state index in [1.165, 1.54) is 25.7 Å². The molecule has 1 heterocycles. The molecular formula is C25H34N2O2. The summed E-state index contributed by atoms with van der Waals surface area (Å²) in [6, 6.07) is 7.35. The maximum Gasteiger partial charge on any atom is 0.251 e. The van der Waals surface area contributed by atoms with Gasteiger partial charge in [-0.25, -0.2) is 0 Å². The fourth-order valence-corrected chi connectivity index (χ4v) is 7.22. The molecule has 29 heavy (non-hydrogen) atoms. The molecule has 4 aliphatic carbocycles. The van der Waals surface area contributed by atoms with Crippen LogP contribution in [0.3, 0.4) is 0 Å². The van der Waals surface area contributed by atoms with E-state index >= 15 is 0 Å². The SMILES string of the molecule is Cc1ccc(C(=O)N[C@H](C(=O)N2CCCCC2)C23CC4CC(CC(C4)C2)C3)cc1. The highest BCUT2D eigenvalue weighted by Crippen LogP contribution is 2.61. The van der Waals surface area contributed by atoms with E-state index in [0.717, 1.165) is 68.5 Å². The van der Waals surface area contributed by atoms with Crippen LogP contribution in [0.2, 0.25) is 0 Å². The van der Waals surface area contributed by atoms with Gasteiger partial charge in [0, 0.05) is 24.1 Å². The first-order valence-electron chi connectivity index (χ1n) is 11.7. The molecule has 2 amide bonds. The molecular weight excluding hydrogens is 360 g/mol. The van der Waals surface area contributed by atoms with E-state index in [9.17, 15) is 9.59 Å². The van der Waals surface area contributed by atoms with Gasteiger partial charge < -0.3 is 10.2 Å². The summed E-state index contributed by atoms with van der Waals surface area (Å²) in [5.41, 5.74) is 1.78. The Labute approximate surface area is 174 Å². The lowest BCUT2D eigenvalue weighted by Crippen LogP contribution is -2.62. The van der Waals surface area contributed by atoms with E-state index in [-0.39, 0.29) is 23.3 Å². The van der Waals surface area contributed by atoms with Crippen molar-refractivity contribution in [1.82, 2.24) is 10.2 Å². The molecule has 0 spiro atoms. The molecule has 1 saturated heterocycles. The number of hydrogen-bond donors (Lipinski definition) is 1. The highest BCUT2D eigenvalue weighted by atomic mass is 16.2. The van der Waals surface area contributed by atoms with Crippen molar-refractivity contribution in [3.8, 4) is 0 Å². The standard InChI is InChI=1S/C25H34N2O2/c1-17-5-7-21(8-6-17)23(28)26-22(24(29)27-9-3-2-4-10-27)25-14-18-11-19(15-25)13-20(12-18)16-25/h5-8,18-20,22H,2-4,9-16H2,1H3,(H,26,28)/t18?,19?,20?,22-,25?/m1/s1. The Morgan fingerprint density at radius 2 is 1.48 bits per heavy atom. The van der Waals surface area contributed by atoms with Crippen molar-refractivity contribution in [1.29, 1.82) is 0 Å². The summed E-state index contributed by atoms with van der Waals surface area (Å²) in [6.07, 6.45) is 10.8. The Morgan fingerprint density at radius 1 is 0.931 bits per heavy atom. The number of amides is 2. The number of nitrogens with zero attached hydrogens (tertiary/aromatic N) is 1. The van der Waals surface area contributed by atoms with E-state index in [1.807, 2.05) is 36.1 Å². The van der Waals surface area contributed by atoms with Gasteiger partial charge in [0.05, 0.1) is 0 Å². The number of rotatable bonds is 4. The van der Waals surface area contributed by atoms with Crippen LogP contribution in [0.25, 0.3) is 0 Å². The van der Waals surface area contributed by atoms with Crippen molar-refractivity contribution in [2.45, 2.75) is 70.8 Å². The largest absolute Gasteiger partial charge is 0.341 e. The normalized spacial score (nSPS) is 34.1. The van der Waals surface area contributed by atoms with Crippen LogP contribution in [0.1, 0.15) is 73.7 Å². The monoisotopic (exact) mass is 394 g/mol. The number of benzene rings is 1. The minimum Gasteiger partial charge on any atom is -0.341 e. The molecule has 0 aromatic heterocycles. The van der Waals surface area contributed by atoms with Crippen molar-refractivity contribution in [2.75, 3.05) is 13.1 Å². The van der Waals surface area contributed by atoms with Crippen molar-refractivity contribution in [2.24, 2.45) is 23.2 Å². The zero-order chi connectivity index (χ0) is 20.0. The van der Waals surface area contributed by atoms with Crippen molar-refractivity contribution < 1.29 is 9.59 Å². The minimum absolute atomic E-state index is 0.0242. The number of aryl methyl sites for hydroxylation is 1. The Morgan fingerprint density at radius 3 is 2.03 bits per heavy atom. The molecule has 0 unspecified atom stereocenters. The number of nitrogens with one attached hydrogen (secondary N) is 1. The van der Waals surface area contributed by atoms with Gasteiger partial charge in [-0.1, -0.05) is 17.7 Å². The zero-order valence-corrected chi connectivity index (χ0v) is 17.7. The molecule has 4 heteroatoms. The molecule has 1 N–H and O–H groups in total. The lowest BCUT2D eigenvalue weighted by atomic mass is 9.47. The maximum atomic E-state index is 13.7. The van der Waals surface area contributed by atoms with Crippen LogP contribution in [0.15, 0.2) is 24.3 Å². The highest BCUT2D eigenvalue weighted by molar-refractivity contribution is 5.98. The molecule has 4 nitrogen and oxygen atoms in total. The van der Waals surface area contributed by atoms with Gasteiger partial charge in [-0.2, -0.15) is 0 Å². The number of carbonyl (C=O) groups excluding carboxylic acids is 2. The van der Waals surface area contributed by atoms with Crippen LogP contribution in [0.5, 0.6) is 0 Å². The predicted octanol–water partition coefficient (Wildman–Crippen LogP) is 4.32. The molecule has 1 atom stereocenters. The summed E-state index contributed by atoms with van der Waals surface area (Å²) in [6.45, 7) is 3.73. The lowest BCUT2D eigenvalue weighted by Gasteiger charge is -2.59. The van der Waals surface area contributed by atoms with Gasteiger partial charge in [-0.05, 0) is 94.6 Å². The van der Waals surface area contributed by atoms with Gasteiger partial charge in [0.2, 0.25) is 5.91 Å². The molecule has 5 aliphatic rings. The topological polar surface area (TPSA) is 49.4 Å². The van der Waals surface area contributed by atoms with Crippen LogP contribution < -0.4 is 5.32 Å². The molecule has 1 aliphatic heterocycles. The van der Waals surface area contributed by atoms with Gasteiger partial charge in [0.15, 0.2) is 0 Å². The van der Waals surface area contributed by atoms with Gasteiger partial charge in [-0.3, -0.25) is 9.59 Å². The average Bonchev–Trinajstić information content (AvgIpc) is 2.71. The van der Waals surface area contributed by atoms with E-state index in [2.05, 4.69) is 5.32 Å². The third-order valence-corrected chi connectivity index (χ3v) is 8.20. The van der Waals surface area contributed by atoms with E-state index in [1.54, 1.807) is 0 Å². The summed E-state index contributed by atoms with van der Waals surface area (Å²) in [7, 11) is 0. The summed E-state index contributed by atoms with van der Waals surface area (Å²) in [5, 5.41) is 3.28. The van der Waals surface area contributed by atoms with Gasteiger partial charge >= 0.3 is 0 Å². The smallest absolute Gasteiger partial charge is 0.251 e. The minimum atomic E-state index is -0.359. The van der Waals surface area contributed by atoms with Crippen molar-refractivity contribution >= 4 is 11.8 Å². The van der Waals surface area contributed by atoms with E-state index < -0.39 is 0 Å². The first-order valence-corrected chi connectivity index (χ1v) is 11.7. The van der Waals surface area contributed by atoms with Crippen LogP contribution in [0, 0.1) is 30.1 Å². The molecule has 6 rings (SSSR count). The van der Waals surface area contributed by atoms with Gasteiger partial charge in [0.1, 0.15) is 6.04 Å². The summed E-state index contributed by atoms with van der Waals surface area (Å²) in [4.78, 5) is 29.0. The van der Waals surface area contributed by atoms with Gasteiger partial charge in [0.25, 0.3) is 5.91 Å². The molecule has 0 radical (unpaired) electrons. The first-order chi connectivity index (χ1) is 14.0. The summed E-state index contributed by atoms with van der Waals surface area (Å²) >= 11 is 0. The predicted molar refractivity (Wildman–Crippen MR) is 113 cm³/mol. The van der Waals surface area contributed by atoms with Crippen molar-refractivity contribution in [3.05, 3.63) is 35.4 Å². The Hall–Kier alpha value is -1.84. The summed E-state index contributed by atoms with van der Waals surface area (Å²) < 4.78 is 0. The number of piperidine rings is 1. The molecule has 5 fully saturated rings. The maximum absolute atomic E-state index is 13.7. The first kappa shape index (κ1) is 19.1. The highest BCUT2D eigenvalue weighted by Gasteiger charge is 2.56. The van der Waals surface area contributed by atoms with Crippen LogP contribution in [0.4, 0.5) is 0 Å².